The molecule has 9 nitrogen and oxygen atoms in total. The minimum Gasteiger partial charge on any atom is -0.506 e. The van der Waals surface area contributed by atoms with Gasteiger partial charge in [0, 0.05) is 53.2 Å². The standard InChI is InChI=1S/C28H25FN8O/c1-37(2)8-7-31-19-10-16(9-18(29)12-19)26-21-13-25(33-23(21)5-6-32-26)28-27-24(35-36-28)4-3-22(34-27)17-11-20(38)15-30-14-17/h3-6,9-15,31,33,38H,7-8H2,1-2H3,(H,35,36). The Kier molecular flexibility index (Phi) is 5.93. The van der Waals surface area contributed by atoms with Gasteiger partial charge in [-0.2, -0.15) is 5.10 Å². The van der Waals surface area contributed by atoms with E-state index in [-0.39, 0.29) is 11.6 Å². The van der Waals surface area contributed by atoms with E-state index in [9.17, 15) is 9.50 Å². The highest BCUT2D eigenvalue weighted by Crippen LogP contribution is 2.34. The molecule has 0 saturated heterocycles. The van der Waals surface area contributed by atoms with Crippen molar-refractivity contribution in [3.05, 3.63) is 72.9 Å². The lowest BCUT2D eigenvalue weighted by molar-refractivity contribution is 0.425. The van der Waals surface area contributed by atoms with Gasteiger partial charge in [0.1, 0.15) is 22.8 Å². The van der Waals surface area contributed by atoms with Crippen LogP contribution in [-0.2, 0) is 0 Å². The van der Waals surface area contributed by atoms with Crippen molar-refractivity contribution in [3.8, 4) is 39.7 Å². The van der Waals surface area contributed by atoms with Crippen molar-refractivity contribution in [2.75, 3.05) is 32.5 Å². The lowest BCUT2D eigenvalue weighted by atomic mass is 10.1. The molecule has 0 spiro atoms. The summed E-state index contributed by atoms with van der Waals surface area (Å²) in [6, 6.07) is 14.1. The summed E-state index contributed by atoms with van der Waals surface area (Å²) in [7, 11) is 3.99. The molecule has 0 bridgehead atoms. The quantitative estimate of drug-likeness (QED) is 0.238. The lowest BCUT2D eigenvalue weighted by Crippen LogP contribution is -2.20. The third-order valence-electron chi connectivity index (χ3n) is 6.29. The topological polar surface area (TPSA) is 119 Å². The molecule has 10 heteroatoms. The second-order valence-corrected chi connectivity index (χ2v) is 9.36. The largest absolute Gasteiger partial charge is 0.506 e. The summed E-state index contributed by atoms with van der Waals surface area (Å²) in [5.41, 5.74) is 7.09. The van der Waals surface area contributed by atoms with Gasteiger partial charge in [-0.3, -0.25) is 15.1 Å². The molecule has 0 unspecified atom stereocenters. The van der Waals surface area contributed by atoms with Crippen molar-refractivity contribution in [1.29, 1.82) is 0 Å². The van der Waals surface area contributed by atoms with E-state index < -0.39 is 0 Å². The first-order valence-electron chi connectivity index (χ1n) is 12.1. The molecule has 6 rings (SSSR count). The van der Waals surface area contributed by atoms with Crippen molar-refractivity contribution in [2.24, 2.45) is 0 Å². The Labute approximate surface area is 217 Å². The first kappa shape index (κ1) is 23.6. The number of fused-ring (bicyclic) bond motifs is 2. The molecule has 0 saturated carbocycles. The molecule has 0 radical (unpaired) electrons. The molecule has 4 N–H and O–H groups in total. The van der Waals surface area contributed by atoms with Gasteiger partial charge in [-0.25, -0.2) is 9.37 Å². The number of hydrogen-bond donors (Lipinski definition) is 4. The zero-order chi connectivity index (χ0) is 26.2. The van der Waals surface area contributed by atoms with E-state index in [0.717, 1.165) is 28.7 Å². The summed E-state index contributed by atoms with van der Waals surface area (Å²) in [6.07, 6.45) is 4.73. The van der Waals surface area contributed by atoms with Crippen LogP contribution in [0.25, 0.3) is 55.8 Å². The number of H-pyrrole nitrogens is 2. The third kappa shape index (κ3) is 4.53. The molecular weight excluding hydrogens is 483 g/mol. The number of rotatable bonds is 7. The number of nitrogens with zero attached hydrogens (tertiary/aromatic N) is 5. The fourth-order valence-electron chi connectivity index (χ4n) is 4.48. The highest BCUT2D eigenvalue weighted by atomic mass is 19.1. The number of anilines is 1. The van der Waals surface area contributed by atoms with E-state index in [1.165, 1.54) is 18.3 Å². The highest BCUT2D eigenvalue weighted by molar-refractivity contribution is 5.99. The number of benzene rings is 1. The smallest absolute Gasteiger partial charge is 0.135 e. The number of aromatic amines is 2. The molecule has 0 aliphatic rings. The maximum Gasteiger partial charge on any atom is 0.135 e. The summed E-state index contributed by atoms with van der Waals surface area (Å²) in [6.45, 7) is 1.53. The van der Waals surface area contributed by atoms with E-state index in [1.807, 2.05) is 44.4 Å². The Morgan fingerprint density at radius 1 is 0.974 bits per heavy atom. The molecule has 190 valence electrons. The van der Waals surface area contributed by atoms with Gasteiger partial charge in [0.15, 0.2) is 0 Å². The molecule has 5 aromatic heterocycles. The predicted molar refractivity (Wildman–Crippen MR) is 146 cm³/mol. The minimum absolute atomic E-state index is 0.0702. The van der Waals surface area contributed by atoms with Gasteiger partial charge >= 0.3 is 0 Å². The van der Waals surface area contributed by atoms with E-state index >= 15 is 0 Å². The van der Waals surface area contributed by atoms with Crippen LogP contribution in [0.4, 0.5) is 10.1 Å². The van der Waals surface area contributed by atoms with Gasteiger partial charge in [0.2, 0.25) is 0 Å². The number of halogens is 1. The first-order chi connectivity index (χ1) is 18.4. The van der Waals surface area contributed by atoms with Crippen LogP contribution in [0, 0.1) is 5.82 Å². The molecule has 1 aromatic carbocycles. The van der Waals surface area contributed by atoms with Gasteiger partial charge in [0.05, 0.1) is 28.8 Å². The Bertz CT molecular complexity index is 1770. The van der Waals surface area contributed by atoms with Crippen LogP contribution in [0.1, 0.15) is 0 Å². The summed E-state index contributed by atoms with van der Waals surface area (Å²) < 4.78 is 14.6. The van der Waals surface area contributed by atoms with Crippen LogP contribution < -0.4 is 5.32 Å². The van der Waals surface area contributed by atoms with Gasteiger partial charge in [-0.1, -0.05) is 0 Å². The average molecular weight is 509 g/mol. The minimum atomic E-state index is -0.333. The lowest BCUT2D eigenvalue weighted by Gasteiger charge is -2.12. The number of aromatic hydroxyl groups is 1. The molecule has 0 aliphatic heterocycles. The van der Waals surface area contributed by atoms with Crippen LogP contribution in [0.15, 0.2) is 67.1 Å². The van der Waals surface area contributed by atoms with Crippen LogP contribution in [0.5, 0.6) is 5.75 Å². The Morgan fingerprint density at radius 2 is 1.87 bits per heavy atom. The zero-order valence-electron chi connectivity index (χ0n) is 20.8. The summed E-state index contributed by atoms with van der Waals surface area (Å²) in [5, 5.41) is 21.5. The fourth-order valence-corrected chi connectivity index (χ4v) is 4.48. The first-order valence-corrected chi connectivity index (χ1v) is 12.1. The Hall–Kier alpha value is -4.83. The number of pyridine rings is 3. The molecule has 6 aromatic rings. The summed E-state index contributed by atoms with van der Waals surface area (Å²) in [4.78, 5) is 18.9. The van der Waals surface area contributed by atoms with Gasteiger partial charge in [0.25, 0.3) is 0 Å². The molecule has 0 amide bonds. The number of likely N-dealkylation sites (N-methyl/N-ethyl adjacent to an activating group) is 1. The summed E-state index contributed by atoms with van der Waals surface area (Å²) >= 11 is 0. The molecule has 0 atom stereocenters. The van der Waals surface area contributed by atoms with Crippen LogP contribution in [0.2, 0.25) is 0 Å². The van der Waals surface area contributed by atoms with E-state index in [2.05, 4.69) is 35.4 Å². The predicted octanol–water partition coefficient (Wildman–Crippen LogP) is 5.05. The normalized spacial score (nSPS) is 11.6. The molecule has 0 fully saturated rings. The van der Waals surface area contributed by atoms with Gasteiger partial charge < -0.3 is 20.3 Å². The van der Waals surface area contributed by atoms with Crippen molar-refractivity contribution < 1.29 is 9.50 Å². The van der Waals surface area contributed by atoms with Crippen LogP contribution in [-0.4, -0.2) is 67.3 Å². The van der Waals surface area contributed by atoms with E-state index in [1.54, 1.807) is 18.5 Å². The third-order valence-corrected chi connectivity index (χ3v) is 6.29. The average Bonchev–Trinajstić information content (AvgIpc) is 3.51. The Morgan fingerprint density at radius 3 is 2.71 bits per heavy atom. The maximum atomic E-state index is 14.6. The number of hydrogen-bond acceptors (Lipinski definition) is 7. The van der Waals surface area contributed by atoms with Crippen molar-refractivity contribution in [2.45, 2.75) is 0 Å². The van der Waals surface area contributed by atoms with E-state index in [0.29, 0.717) is 46.0 Å². The van der Waals surface area contributed by atoms with Crippen LogP contribution in [0.3, 0.4) is 0 Å². The SMILES string of the molecule is CN(C)CCNc1cc(F)cc(-c2nccc3[nH]c(-c4n[nH]c5ccc(-c6cncc(O)c6)nc45)cc23)c1. The monoisotopic (exact) mass is 508 g/mol. The second-order valence-electron chi connectivity index (χ2n) is 9.36. The maximum absolute atomic E-state index is 14.6. The molecule has 0 aliphatic carbocycles. The molecule has 5 heterocycles. The molecular formula is C28H25FN8O. The number of nitrogens with one attached hydrogen (secondary N) is 3. The highest BCUT2D eigenvalue weighted by Gasteiger charge is 2.17. The van der Waals surface area contributed by atoms with Crippen molar-refractivity contribution in [1.82, 2.24) is 35.0 Å². The van der Waals surface area contributed by atoms with E-state index in [4.69, 9.17) is 4.98 Å². The molecule has 38 heavy (non-hydrogen) atoms. The van der Waals surface area contributed by atoms with Crippen LogP contribution >= 0.6 is 0 Å². The van der Waals surface area contributed by atoms with Crippen molar-refractivity contribution in [3.63, 3.8) is 0 Å². The van der Waals surface area contributed by atoms with Gasteiger partial charge in [-0.15, -0.1) is 0 Å². The zero-order valence-corrected chi connectivity index (χ0v) is 20.8. The van der Waals surface area contributed by atoms with Crippen molar-refractivity contribution >= 4 is 27.6 Å². The second kappa shape index (κ2) is 9.56. The van der Waals surface area contributed by atoms with Gasteiger partial charge in [-0.05, 0) is 62.6 Å². The Balaban J connectivity index is 1.40. The summed E-state index contributed by atoms with van der Waals surface area (Å²) in [5.74, 6) is -0.262. The fraction of sp³-hybridized carbons (Fsp3) is 0.143. The number of aromatic nitrogens is 6.